The maximum Gasteiger partial charge on any atom is 0.306 e. The van der Waals surface area contributed by atoms with Crippen LogP contribution in [0.4, 0.5) is 0 Å². The molecule has 0 aliphatic heterocycles. The summed E-state index contributed by atoms with van der Waals surface area (Å²) in [6, 6.07) is 0. The summed E-state index contributed by atoms with van der Waals surface area (Å²) in [6.07, 6.45) is 60.3. The summed E-state index contributed by atoms with van der Waals surface area (Å²) in [5, 5.41) is 0. The van der Waals surface area contributed by atoms with Crippen LogP contribution < -0.4 is 0 Å². The summed E-state index contributed by atoms with van der Waals surface area (Å²) in [5.74, 6) is 2.94. The van der Waals surface area contributed by atoms with Gasteiger partial charge < -0.3 is 9.47 Å². The summed E-state index contributed by atoms with van der Waals surface area (Å²) >= 11 is 0. The molecule has 5 rings (SSSR count). The molecule has 394 valence electrons. The molecule has 4 nitrogen and oxygen atoms in total. The van der Waals surface area contributed by atoms with Crippen molar-refractivity contribution in [1.29, 1.82) is 0 Å². The first-order valence-electron chi connectivity index (χ1n) is 29.6. The molecule has 0 radical (unpaired) electrons. The minimum atomic E-state index is -0.0417. The molecule has 0 spiro atoms. The molecule has 4 heteroatoms. The van der Waals surface area contributed by atoms with Crippen LogP contribution in [0.15, 0.2) is 85.1 Å². The van der Waals surface area contributed by atoms with Gasteiger partial charge in [0.25, 0.3) is 0 Å². The van der Waals surface area contributed by atoms with Gasteiger partial charge in [0.05, 0.1) is 6.61 Å². The van der Waals surface area contributed by atoms with Crippen LogP contribution in [0.3, 0.4) is 0 Å². The van der Waals surface area contributed by atoms with Crippen molar-refractivity contribution in [3.8, 4) is 0 Å². The third kappa shape index (κ3) is 14.9. The SMILES string of the molecule is C=C(C)[C@@H]1CC[C@]2(COC(=O)CCCCCCCC=CCC=CCC=CCC)CC[C@]3(C)[C@H](CC[C@@H]4[C@@]5(C)CC[C@H](OC(=O)CCCCCCCC=CCC=CCC=CCC)C(C)(C)[C@@H]5CC[C@]43C)[C@@H]12. The second-order valence-corrected chi connectivity index (χ2v) is 24.7. The maximum atomic E-state index is 13.4. The van der Waals surface area contributed by atoms with E-state index < -0.39 is 0 Å². The monoisotopic (exact) mass is 963 g/mol. The Morgan fingerprint density at radius 3 is 1.63 bits per heavy atom. The fourth-order valence-electron chi connectivity index (χ4n) is 16.0. The Morgan fingerprint density at radius 2 is 1.06 bits per heavy atom. The highest BCUT2D eigenvalue weighted by atomic mass is 16.5. The minimum absolute atomic E-state index is 0.00487. The molecule has 0 saturated heterocycles. The van der Waals surface area contributed by atoms with E-state index in [9.17, 15) is 9.59 Å². The van der Waals surface area contributed by atoms with Crippen LogP contribution in [0.2, 0.25) is 0 Å². The van der Waals surface area contributed by atoms with Crippen LogP contribution in [0, 0.1) is 56.7 Å². The summed E-state index contributed by atoms with van der Waals surface area (Å²) in [7, 11) is 0. The first-order chi connectivity index (χ1) is 33.7. The van der Waals surface area contributed by atoms with Crippen LogP contribution in [0.5, 0.6) is 0 Å². The lowest BCUT2D eigenvalue weighted by Crippen LogP contribution is -2.67. The van der Waals surface area contributed by atoms with E-state index in [0.29, 0.717) is 49.0 Å². The lowest BCUT2D eigenvalue weighted by atomic mass is 9.32. The normalized spacial score (nSPS) is 32.8. The second-order valence-electron chi connectivity index (χ2n) is 24.7. The van der Waals surface area contributed by atoms with Gasteiger partial charge in [0, 0.05) is 23.7 Å². The van der Waals surface area contributed by atoms with Gasteiger partial charge >= 0.3 is 11.9 Å². The number of ether oxygens (including phenoxy) is 2. The van der Waals surface area contributed by atoms with Gasteiger partial charge in [-0.2, -0.15) is 0 Å². The van der Waals surface area contributed by atoms with Crippen molar-refractivity contribution in [2.45, 2.75) is 254 Å². The molecular weight excluding hydrogens is 857 g/mol. The third-order valence-electron chi connectivity index (χ3n) is 20.0. The number of esters is 2. The van der Waals surface area contributed by atoms with Gasteiger partial charge in [-0.15, -0.1) is 0 Å². The summed E-state index contributed by atoms with van der Waals surface area (Å²) in [5.41, 5.74) is 2.11. The second kappa shape index (κ2) is 28.5. The van der Waals surface area contributed by atoms with Crippen molar-refractivity contribution in [2.75, 3.05) is 6.61 Å². The zero-order valence-electron chi connectivity index (χ0n) is 46.7. The fraction of sp³-hybridized carbons (Fsp3) is 0.758. The van der Waals surface area contributed by atoms with Crippen molar-refractivity contribution >= 4 is 11.9 Å². The zero-order chi connectivity index (χ0) is 50.5. The predicted octanol–water partition coefficient (Wildman–Crippen LogP) is 19.3. The van der Waals surface area contributed by atoms with Crippen LogP contribution in [-0.4, -0.2) is 24.6 Å². The smallest absolute Gasteiger partial charge is 0.306 e. The molecule has 0 heterocycles. The fourth-order valence-corrected chi connectivity index (χ4v) is 16.0. The third-order valence-corrected chi connectivity index (χ3v) is 20.0. The van der Waals surface area contributed by atoms with Gasteiger partial charge in [-0.25, -0.2) is 0 Å². The van der Waals surface area contributed by atoms with Gasteiger partial charge in [0.15, 0.2) is 0 Å². The highest BCUT2D eigenvalue weighted by Crippen LogP contribution is 2.77. The Morgan fingerprint density at radius 1 is 0.529 bits per heavy atom. The van der Waals surface area contributed by atoms with E-state index in [-0.39, 0.29) is 45.1 Å². The van der Waals surface area contributed by atoms with Crippen LogP contribution in [0.25, 0.3) is 0 Å². The van der Waals surface area contributed by atoms with E-state index in [2.05, 4.69) is 135 Å². The van der Waals surface area contributed by atoms with E-state index in [1.807, 2.05) is 0 Å². The summed E-state index contributed by atoms with van der Waals surface area (Å²) < 4.78 is 12.8. The van der Waals surface area contributed by atoms with Crippen molar-refractivity contribution < 1.29 is 19.1 Å². The lowest BCUT2D eigenvalue weighted by Gasteiger charge is -2.73. The molecule has 5 fully saturated rings. The Kier molecular flexibility index (Phi) is 23.7. The molecule has 0 amide bonds. The molecule has 10 atom stereocenters. The molecule has 0 unspecified atom stereocenters. The molecule has 0 N–H and O–H groups in total. The molecule has 0 aromatic rings. The maximum absolute atomic E-state index is 13.4. The van der Waals surface area contributed by atoms with Crippen molar-refractivity contribution in [1.82, 2.24) is 0 Å². The number of fused-ring (bicyclic) bond motifs is 7. The Bertz CT molecular complexity index is 1790. The molecule has 5 aliphatic rings. The molecule has 5 saturated carbocycles. The molecule has 5 aliphatic carbocycles. The first kappa shape index (κ1) is 58.0. The van der Waals surface area contributed by atoms with E-state index in [4.69, 9.17) is 9.47 Å². The van der Waals surface area contributed by atoms with Crippen LogP contribution in [0.1, 0.15) is 248 Å². The van der Waals surface area contributed by atoms with Gasteiger partial charge in [-0.05, 0) is 194 Å². The average molecular weight is 964 g/mol. The highest BCUT2D eigenvalue weighted by Gasteiger charge is 2.71. The van der Waals surface area contributed by atoms with Gasteiger partial charge in [0.1, 0.15) is 6.10 Å². The molecule has 0 aromatic carbocycles. The molecular formula is C66H106O4. The highest BCUT2D eigenvalue weighted by molar-refractivity contribution is 5.69. The number of carbonyl (C=O) groups excluding carboxylic acids is 2. The van der Waals surface area contributed by atoms with Crippen molar-refractivity contribution in [2.24, 2.45) is 56.7 Å². The molecule has 0 aromatic heterocycles. The van der Waals surface area contributed by atoms with E-state index >= 15 is 0 Å². The van der Waals surface area contributed by atoms with Crippen LogP contribution >= 0.6 is 0 Å². The molecule has 0 bridgehead atoms. The van der Waals surface area contributed by atoms with E-state index in [0.717, 1.165) is 89.9 Å². The number of hydrogen-bond acceptors (Lipinski definition) is 4. The standard InChI is InChI=1S/C66H106O4/c1-10-12-14-16-18-20-22-24-26-28-30-32-34-36-38-40-59(67)69-52-66-49-44-54(53(3)4)61(66)55-42-43-57-63(7)47-46-58(62(5,6)56(63)45-48-65(57,9)64(55,8)50-51-66)70-60(68)41-39-37-35-33-31-29-27-25-23-21-19-17-15-13-11-2/h12-15,18-21,24-27,54-58,61H,3,10-11,16-17,22-23,28-52H2,1-2,4-9H3/t54-,55+,56-,57+,58-,61+,63-,64+,65+,66+/m0/s1. The van der Waals surface area contributed by atoms with Gasteiger partial charge in [-0.3, -0.25) is 9.59 Å². The van der Waals surface area contributed by atoms with Crippen molar-refractivity contribution in [3.05, 3.63) is 85.1 Å². The first-order valence-corrected chi connectivity index (χ1v) is 29.6. The van der Waals surface area contributed by atoms with Gasteiger partial charge in [-0.1, -0.05) is 172 Å². The largest absolute Gasteiger partial charge is 0.465 e. The number of hydrogen-bond donors (Lipinski definition) is 0. The lowest BCUT2D eigenvalue weighted by molar-refractivity contribution is -0.252. The summed E-state index contributed by atoms with van der Waals surface area (Å²) in [6.45, 7) is 24.8. The van der Waals surface area contributed by atoms with E-state index in [1.54, 1.807) is 0 Å². The van der Waals surface area contributed by atoms with Crippen molar-refractivity contribution in [3.63, 3.8) is 0 Å². The zero-order valence-corrected chi connectivity index (χ0v) is 46.7. The minimum Gasteiger partial charge on any atom is -0.465 e. The number of rotatable bonds is 30. The Balaban J connectivity index is 1.06. The number of unbranched alkanes of at least 4 members (excludes halogenated alkanes) is 10. The van der Waals surface area contributed by atoms with E-state index in [1.165, 1.54) is 95.5 Å². The Hall–Kier alpha value is -2.88. The number of carbonyl (C=O) groups is 2. The van der Waals surface area contributed by atoms with Crippen LogP contribution in [-0.2, 0) is 19.1 Å². The number of allylic oxidation sites excluding steroid dienone is 13. The average Bonchev–Trinajstić information content (AvgIpc) is 3.72. The van der Waals surface area contributed by atoms with Gasteiger partial charge in [0.2, 0.25) is 0 Å². The Labute approximate surface area is 431 Å². The summed E-state index contributed by atoms with van der Waals surface area (Å²) in [4.78, 5) is 26.8. The predicted molar refractivity (Wildman–Crippen MR) is 298 cm³/mol. The molecule has 70 heavy (non-hydrogen) atoms. The topological polar surface area (TPSA) is 52.6 Å². The quantitative estimate of drug-likeness (QED) is 0.0409.